The number of fused-ring (bicyclic) bond motifs is 1. The van der Waals surface area contributed by atoms with Gasteiger partial charge in [-0.1, -0.05) is 0 Å². The van der Waals surface area contributed by atoms with Crippen molar-refractivity contribution in [3.63, 3.8) is 0 Å². The molecular formula is C11H11F3N2O2S. The Labute approximate surface area is 107 Å². The van der Waals surface area contributed by atoms with Crippen LogP contribution >= 0.6 is 0 Å². The molecule has 19 heavy (non-hydrogen) atoms. The van der Waals surface area contributed by atoms with Crippen LogP contribution in [0.2, 0.25) is 0 Å². The number of nitrogens with one attached hydrogen (secondary N) is 1. The molecule has 0 aliphatic carbocycles. The number of H-pyrrole nitrogens is 1. The molecule has 0 unspecified atom stereocenters. The second-order valence-electron chi connectivity index (χ2n) is 4.20. The molecule has 1 aromatic carbocycles. The van der Waals surface area contributed by atoms with Crippen molar-refractivity contribution in [2.45, 2.75) is 11.1 Å². The summed E-state index contributed by atoms with van der Waals surface area (Å²) in [5, 5.41) is 0.238. The van der Waals surface area contributed by atoms with Gasteiger partial charge in [0.05, 0.1) is 10.5 Å². The van der Waals surface area contributed by atoms with Crippen LogP contribution in [0.1, 0.15) is 5.56 Å². The van der Waals surface area contributed by atoms with Crippen molar-refractivity contribution in [1.29, 1.82) is 0 Å². The van der Waals surface area contributed by atoms with Gasteiger partial charge in [-0.2, -0.15) is 13.2 Å². The minimum atomic E-state index is -4.60. The minimum absolute atomic E-state index is 0.134. The first-order valence-corrected chi connectivity index (χ1v) is 6.69. The molecule has 0 fully saturated rings. The van der Waals surface area contributed by atoms with E-state index >= 15 is 0 Å². The lowest BCUT2D eigenvalue weighted by molar-refractivity contribution is -0.137. The van der Waals surface area contributed by atoms with Gasteiger partial charge in [0, 0.05) is 31.2 Å². The molecule has 0 saturated carbocycles. The highest BCUT2D eigenvalue weighted by Crippen LogP contribution is 2.35. The second-order valence-corrected chi connectivity index (χ2v) is 6.32. The molecule has 2 rings (SSSR count). The highest BCUT2D eigenvalue weighted by Gasteiger charge is 2.33. The molecule has 8 heteroatoms. The normalized spacial score (nSPS) is 13.4. The average molecular weight is 292 g/mol. The highest BCUT2D eigenvalue weighted by molar-refractivity contribution is 7.89. The molecule has 0 amide bonds. The van der Waals surface area contributed by atoms with Crippen molar-refractivity contribution in [1.82, 2.24) is 9.29 Å². The average Bonchev–Trinajstić information content (AvgIpc) is 2.73. The van der Waals surface area contributed by atoms with Crippen LogP contribution in [0.3, 0.4) is 0 Å². The molecule has 0 bridgehead atoms. The number of nitrogens with zero attached hydrogens (tertiary/aromatic N) is 1. The van der Waals surface area contributed by atoms with E-state index in [1.807, 2.05) is 0 Å². The third-order valence-corrected chi connectivity index (χ3v) is 4.57. The lowest BCUT2D eigenvalue weighted by Gasteiger charge is -2.14. The summed E-state index contributed by atoms with van der Waals surface area (Å²) >= 11 is 0. The van der Waals surface area contributed by atoms with Crippen molar-refractivity contribution in [2.24, 2.45) is 0 Å². The smallest absolute Gasteiger partial charge is 0.361 e. The number of halogens is 3. The van der Waals surface area contributed by atoms with Gasteiger partial charge in [-0.15, -0.1) is 0 Å². The summed E-state index contributed by atoms with van der Waals surface area (Å²) in [6.07, 6.45) is -3.20. The summed E-state index contributed by atoms with van der Waals surface area (Å²) in [6.45, 7) is 0. The van der Waals surface area contributed by atoms with Crippen LogP contribution in [-0.4, -0.2) is 31.8 Å². The van der Waals surface area contributed by atoms with Gasteiger partial charge in [-0.3, -0.25) is 0 Å². The molecule has 0 saturated heterocycles. The number of rotatable bonds is 2. The monoisotopic (exact) mass is 292 g/mol. The first-order valence-electron chi connectivity index (χ1n) is 5.25. The number of aromatic amines is 1. The number of hydrogen-bond acceptors (Lipinski definition) is 2. The van der Waals surface area contributed by atoms with Gasteiger partial charge in [0.15, 0.2) is 0 Å². The maximum Gasteiger partial charge on any atom is 0.416 e. The van der Waals surface area contributed by atoms with Crippen molar-refractivity contribution >= 4 is 20.9 Å². The number of hydrogen-bond donors (Lipinski definition) is 1. The quantitative estimate of drug-likeness (QED) is 0.924. The molecule has 0 atom stereocenters. The molecule has 1 N–H and O–H groups in total. The van der Waals surface area contributed by atoms with Crippen molar-refractivity contribution in [3.8, 4) is 0 Å². The third kappa shape index (κ3) is 2.33. The Hall–Kier alpha value is -1.54. The van der Waals surface area contributed by atoms with Crippen LogP contribution in [0.4, 0.5) is 13.2 Å². The van der Waals surface area contributed by atoms with E-state index in [2.05, 4.69) is 4.98 Å². The lowest BCUT2D eigenvalue weighted by atomic mass is 10.1. The Morgan fingerprint density at radius 1 is 1.21 bits per heavy atom. The Morgan fingerprint density at radius 3 is 2.37 bits per heavy atom. The fourth-order valence-corrected chi connectivity index (χ4v) is 2.83. The molecule has 2 aromatic rings. The Kier molecular flexibility index (Phi) is 3.10. The molecular weight excluding hydrogens is 281 g/mol. The molecule has 0 spiro atoms. The summed E-state index contributed by atoms with van der Waals surface area (Å²) in [6, 6.07) is 2.99. The lowest BCUT2D eigenvalue weighted by Crippen LogP contribution is -2.23. The number of aromatic nitrogens is 1. The summed E-state index contributed by atoms with van der Waals surface area (Å²) in [4.78, 5) is 2.24. The van der Waals surface area contributed by atoms with Crippen molar-refractivity contribution < 1.29 is 21.6 Å². The maximum absolute atomic E-state index is 12.8. The second kappa shape index (κ2) is 4.24. The van der Waals surface area contributed by atoms with Crippen LogP contribution in [0.5, 0.6) is 0 Å². The van der Waals surface area contributed by atoms with Crippen molar-refractivity contribution in [3.05, 3.63) is 30.0 Å². The maximum atomic E-state index is 12.8. The zero-order valence-electron chi connectivity index (χ0n) is 10.1. The first-order chi connectivity index (χ1) is 8.64. The number of benzene rings is 1. The molecule has 1 aromatic heterocycles. The van der Waals surface area contributed by atoms with E-state index in [1.165, 1.54) is 26.4 Å². The van der Waals surface area contributed by atoms with E-state index in [0.717, 1.165) is 10.4 Å². The van der Waals surface area contributed by atoms with Crippen LogP contribution in [0.15, 0.2) is 29.3 Å². The fraction of sp³-hybridized carbons (Fsp3) is 0.273. The van der Waals surface area contributed by atoms with E-state index in [0.29, 0.717) is 6.07 Å². The standard InChI is InChI=1S/C11H11F3N2O2S/c1-16(2)19(17,18)10-6-7(11(12,13)14)5-9-8(10)3-4-15-9/h3-6,15H,1-2H3. The third-order valence-electron chi connectivity index (χ3n) is 2.72. The summed E-state index contributed by atoms with van der Waals surface area (Å²) in [7, 11) is -1.40. The van der Waals surface area contributed by atoms with Gasteiger partial charge in [0.2, 0.25) is 10.0 Å². The SMILES string of the molecule is CN(C)S(=O)(=O)c1cc(C(F)(F)F)cc2[nH]ccc12. The Morgan fingerprint density at radius 2 is 1.84 bits per heavy atom. The minimum Gasteiger partial charge on any atom is -0.361 e. The highest BCUT2D eigenvalue weighted by atomic mass is 32.2. The van der Waals surface area contributed by atoms with E-state index in [1.54, 1.807) is 0 Å². The predicted molar refractivity (Wildman–Crippen MR) is 64.2 cm³/mol. The predicted octanol–water partition coefficient (Wildman–Crippen LogP) is 2.44. The fourth-order valence-electron chi connectivity index (χ4n) is 1.71. The summed E-state index contributed by atoms with van der Waals surface area (Å²) < 4.78 is 63.3. The molecule has 4 nitrogen and oxygen atoms in total. The number of alkyl halides is 3. The van der Waals surface area contributed by atoms with E-state index in [4.69, 9.17) is 0 Å². The zero-order valence-corrected chi connectivity index (χ0v) is 10.9. The van der Waals surface area contributed by atoms with Crippen LogP contribution in [-0.2, 0) is 16.2 Å². The van der Waals surface area contributed by atoms with E-state index < -0.39 is 21.8 Å². The summed E-state index contributed by atoms with van der Waals surface area (Å²) in [5.41, 5.74) is -0.863. The van der Waals surface area contributed by atoms with Gasteiger partial charge in [-0.25, -0.2) is 12.7 Å². The Bertz CT molecular complexity index is 717. The molecule has 0 aliphatic rings. The molecule has 0 aliphatic heterocycles. The van der Waals surface area contributed by atoms with Gasteiger partial charge in [-0.05, 0) is 18.2 Å². The van der Waals surface area contributed by atoms with Gasteiger partial charge in [0.1, 0.15) is 0 Å². The van der Waals surface area contributed by atoms with Crippen molar-refractivity contribution in [2.75, 3.05) is 14.1 Å². The molecule has 0 radical (unpaired) electrons. The largest absolute Gasteiger partial charge is 0.416 e. The first kappa shape index (κ1) is 13.9. The van der Waals surface area contributed by atoms with E-state index in [9.17, 15) is 21.6 Å². The van der Waals surface area contributed by atoms with Crippen LogP contribution in [0.25, 0.3) is 10.9 Å². The summed E-state index contributed by atoms with van der Waals surface area (Å²) in [5.74, 6) is 0. The topological polar surface area (TPSA) is 53.2 Å². The van der Waals surface area contributed by atoms with Gasteiger partial charge >= 0.3 is 6.18 Å². The molecule has 1 heterocycles. The zero-order chi connectivity index (χ0) is 14.4. The molecule has 104 valence electrons. The van der Waals surface area contributed by atoms with E-state index in [-0.39, 0.29) is 15.8 Å². The van der Waals surface area contributed by atoms with Gasteiger partial charge in [0.25, 0.3) is 0 Å². The van der Waals surface area contributed by atoms with Crippen LogP contribution < -0.4 is 0 Å². The van der Waals surface area contributed by atoms with Crippen LogP contribution in [0, 0.1) is 0 Å². The Balaban J connectivity index is 2.83. The number of sulfonamides is 1. The van der Waals surface area contributed by atoms with Gasteiger partial charge < -0.3 is 4.98 Å².